The van der Waals surface area contributed by atoms with Crippen molar-refractivity contribution < 1.29 is 4.42 Å². The zero-order valence-corrected chi connectivity index (χ0v) is 7.35. The molecule has 1 atom stereocenters. The van der Waals surface area contributed by atoms with Crippen LogP contribution in [-0.2, 0) is 0 Å². The SMILES string of the molecule is CC[C@H](N)c1cc(C)c(C)o1. The standard InChI is InChI=1S/C9H15NO/c1-4-8(10)9-5-6(2)7(3)11-9/h5,8H,4,10H2,1-3H3/t8-/m0/s1. The fraction of sp³-hybridized carbons (Fsp3) is 0.556. The fourth-order valence-electron chi connectivity index (χ4n) is 0.986. The second-order valence-corrected chi connectivity index (χ2v) is 2.90. The summed E-state index contributed by atoms with van der Waals surface area (Å²) in [5.74, 6) is 1.88. The van der Waals surface area contributed by atoms with Gasteiger partial charge in [0, 0.05) is 0 Å². The number of hydrogen-bond donors (Lipinski definition) is 1. The van der Waals surface area contributed by atoms with Gasteiger partial charge in [0.05, 0.1) is 6.04 Å². The molecule has 2 nitrogen and oxygen atoms in total. The number of rotatable bonds is 2. The lowest BCUT2D eigenvalue weighted by Crippen LogP contribution is -2.06. The van der Waals surface area contributed by atoms with E-state index in [1.807, 2.05) is 19.9 Å². The predicted octanol–water partition coefficient (Wildman–Crippen LogP) is 2.31. The van der Waals surface area contributed by atoms with Gasteiger partial charge in [-0.05, 0) is 31.9 Å². The van der Waals surface area contributed by atoms with Crippen LogP contribution in [0.1, 0.15) is 36.5 Å². The van der Waals surface area contributed by atoms with Crippen LogP contribution in [0, 0.1) is 13.8 Å². The van der Waals surface area contributed by atoms with Crippen molar-refractivity contribution in [2.24, 2.45) is 5.73 Å². The van der Waals surface area contributed by atoms with Gasteiger partial charge < -0.3 is 10.2 Å². The lowest BCUT2D eigenvalue weighted by Gasteiger charge is -2.02. The summed E-state index contributed by atoms with van der Waals surface area (Å²) in [5, 5.41) is 0. The molecule has 0 aliphatic heterocycles. The quantitative estimate of drug-likeness (QED) is 0.708. The van der Waals surface area contributed by atoms with Gasteiger partial charge in [-0.1, -0.05) is 6.92 Å². The van der Waals surface area contributed by atoms with Gasteiger partial charge in [-0.25, -0.2) is 0 Å². The summed E-state index contributed by atoms with van der Waals surface area (Å²) in [6.07, 6.45) is 0.923. The summed E-state index contributed by atoms with van der Waals surface area (Å²) in [4.78, 5) is 0. The summed E-state index contributed by atoms with van der Waals surface area (Å²) in [7, 11) is 0. The first kappa shape index (κ1) is 8.34. The zero-order chi connectivity index (χ0) is 8.43. The molecule has 1 rings (SSSR count). The van der Waals surface area contributed by atoms with E-state index in [4.69, 9.17) is 10.2 Å². The molecule has 1 heterocycles. The van der Waals surface area contributed by atoms with E-state index in [2.05, 4.69) is 6.92 Å². The van der Waals surface area contributed by atoms with Crippen LogP contribution in [0.15, 0.2) is 10.5 Å². The maximum absolute atomic E-state index is 5.78. The minimum atomic E-state index is 0.0578. The van der Waals surface area contributed by atoms with E-state index in [1.54, 1.807) is 0 Å². The summed E-state index contributed by atoms with van der Waals surface area (Å²) in [5.41, 5.74) is 6.97. The van der Waals surface area contributed by atoms with Crippen molar-refractivity contribution in [3.05, 3.63) is 23.2 Å². The summed E-state index contributed by atoms with van der Waals surface area (Å²) >= 11 is 0. The van der Waals surface area contributed by atoms with Crippen LogP contribution >= 0.6 is 0 Å². The third-order valence-electron chi connectivity index (χ3n) is 1.99. The molecule has 2 N–H and O–H groups in total. The smallest absolute Gasteiger partial charge is 0.121 e. The Hall–Kier alpha value is -0.760. The van der Waals surface area contributed by atoms with Crippen molar-refractivity contribution >= 4 is 0 Å². The molecule has 0 spiro atoms. The molecular weight excluding hydrogens is 138 g/mol. The van der Waals surface area contributed by atoms with E-state index in [-0.39, 0.29) is 6.04 Å². The zero-order valence-electron chi connectivity index (χ0n) is 7.35. The van der Waals surface area contributed by atoms with Crippen LogP contribution in [0.5, 0.6) is 0 Å². The van der Waals surface area contributed by atoms with Gasteiger partial charge in [-0.2, -0.15) is 0 Å². The average molecular weight is 153 g/mol. The predicted molar refractivity (Wildman–Crippen MR) is 45.4 cm³/mol. The molecule has 2 heteroatoms. The Morgan fingerprint density at radius 3 is 2.55 bits per heavy atom. The molecule has 1 aromatic heterocycles. The molecule has 0 aliphatic carbocycles. The third kappa shape index (κ3) is 1.63. The topological polar surface area (TPSA) is 39.2 Å². The number of furan rings is 1. The van der Waals surface area contributed by atoms with Gasteiger partial charge in [0.15, 0.2) is 0 Å². The van der Waals surface area contributed by atoms with Crippen LogP contribution in [-0.4, -0.2) is 0 Å². The average Bonchev–Trinajstić information content (AvgIpc) is 2.31. The van der Waals surface area contributed by atoms with Crippen molar-refractivity contribution in [2.75, 3.05) is 0 Å². The molecule has 0 aromatic carbocycles. The van der Waals surface area contributed by atoms with Gasteiger partial charge in [-0.15, -0.1) is 0 Å². The van der Waals surface area contributed by atoms with Crippen molar-refractivity contribution in [2.45, 2.75) is 33.2 Å². The van der Waals surface area contributed by atoms with Crippen molar-refractivity contribution in [1.82, 2.24) is 0 Å². The van der Waals surface area contributed by atoms with E-state index in [1.165, 1.54) is 5.56 Å². The highest BCUT2D eigenvalue weighted by Crippen LogP contribution is 2.19. The second kappa shape index (κ2) is 3.09. The minimum absolute atomic E-state index is 0.0578. The van der Waals surface area contributed by atoms with Gasteiger partial charge >= 0.3 is 0 Å². The molecule has 0 bridgehead atoms. The van der Waals surface area contributed by atoms with Gasteiger partial charge in [0.25, 0.3) is 0 Å². The Morgan fingerprint density at radius 2 is 2.18 bits per heavy atom. The third-order valence-corrected chi connectivity index (χ3v) is 1.99. The number of nitrogens with two attached hydrogens (primary N) is 1. The van der Waals surface area contributed by atoms with Crippen LogP contribution in [0.2, 0.25) is 0 Å². The monoisotopic (exact) mass is 153 g/mol. The normalized spacial score (nSPS) is 13.5. The molecule has 11 heavy (non-hydrogen) atoms. The highest BCUT2D eigenvalue weighted by atomic mass is 16.3. The van der Waals surface area contributed by atoms with Crippen molar-refractivity contribution in [3.8, 4) is 0 Å². The molecule has 0 amide bonds. The molecule has 0 fully saturated rings. The molecule has 0 aliphatic rings. The summed E-state index contributed by atoms with van der Waals surface area (Å²) in [6.45, 7) is 6.05. The van der Waals surface area contributed by atoms with Gasteiger partial charge in [0.2, 0.25) is 0 Å². The number of hydrogen-bond acceptors (Lipinski definition) is 2. The first-order valence-corrected chi connectivity index (χ1v) is 3.97. The summed E-state index contributed by atoms with van der Waals surface area (Å²) < 4.78 is 5.44. The van der Waals surface area contributed by atoms with Crippen LogP contribution < -0.4 is 5.73 Å². The van der Waals surface area contributed by atoms with E-state index in [0.29, 0.717) is 0 Å². The van der Waals surface area contributed by atoms with E-state index < -0.39 is 0 Å². The maximum atomic E-state index is 5.78. The van der Waals surface area contributed by atoms with Gasteiger partial charge in [-0.3, -0.25) is 0 Å². The van der Waals surface area contributed by atoms with Gasteiger partial charge in [0.1, 0.15) is 11.5 Å². The van der Waals surface area contributed by atoms with E-state index >= 15 is 0 Å². The minimum Gasteiger partial charge on any atom is -0.464 e. The fourth-order valence-corrected chi connectivity index (χ4v) is 0.986. The van der Waals surface area contributed by atoms with Crippen LogP contribution in [0.4, 0.5) is 0 Å². The highest BCUT2D eigenvalue weighted by Gasteiger charge is 2.09. The molecular formula is C9H15NO. The molecule has 0 unspecified atom stereocenters. The van der Waals surface area contributed by atoms with Crippen LogP contribution in [0.25, 0.3) is 0 Å². The number of aryl methyl sites for hydroxylation is 2. The Labute approximate surface area is 67.4 Å². The lowest BCUT2D eigenvalue weighted by atomic mass is 10.2. The highest BCUT2D eigenvalue weighted by molar-refractivity contribution is 5.20. The van der Waals surface area contributed by atoms with Crippen molar-refractivity contribution in [1.29, 1.82) is 0 Å². The van der Waals surface area contributed by atoms with Crippen molar-refractivity contribution in [3.63, 3.8) is 0 Å². The molecule has 0 radical (unpaired) electrons. The van der Waals surface area contributed by atoms with E-state index in [9.17, 15) is 0 Å². The van der Waals surface area contributed by atoms with E-state index in [0.717, 1.165) is 17.9 Å². The molecule has 0 saturated heterocycles. The first-order valence-electron chi connectivity index (χ1n) is 3.97. The van der Waals surface area contributed by atoms with Crippen LogP contribution in [0.3, 0.4) is 0 Å². The molecule has 0 saturated carbocycles. The Balaban J connectivity index is 2.88. The summed E-state index contributed by atoms with van der Waals surface area (Å²) in [6, 6.07) is 2.08. The largest absolute Gasteiger partial charge is 0.464 e. The molecule has 1 aromatic rings. The molecule has 62 valence electrons. The first-order chi connectivity index (χ1) is 5.15. The second-order valence-electron chi connectivity index (χ2n) is 2.90. The Morgan fingerprint density at radius 1 is 1.55 bits per heavy atom. The maximum Gasteiger partial charge on any atom is 0.121 e. The Kier molecular flexibility index (Phi) is 2.35. The Bertz CT molecular complexity index is 220. The lowest BCUT2D eigenvalue weighted by molar-refractivity contribution is 0.440.